The van der Waals surface area contributed by atoms with E-state index in [1.54, 1.807) is 0 Å². The van der Waals surface area contributed by atoms with E-state index in [9.17, 15) is 0 Å². The first-order valence-electron chi connectivity index (χ1n) is 9.23. The van der Waals surface area contributed by atoms with Crippen LogP contribution in [0.5, 0.6) is 0 Å². The fourth-order valence-electron chi connectivity index (χ4n) is 2.97. The van der Waals surface area contributed by atoms with Crippen LogP contribution in [-0.4, -0.2) is 42.9 Å². The van der Waals surface area contributed by atoms with Gasteiger partial charge in [0.2, 0.25) is 0 Å². The molecule has 0 saturated heterocycles. The minimum Gasteiger partial charge on any atom is -0.396 e. The molecule has 0 atom stereocenters. The van der Waals surface area contributed by atoms with E-state index in [1.165, 1.54) is 49.2 Å². The molecule has 0 saturated carbocycles. The summed E-state index contributed by atoms with van der Waals surface area (Å²) in [5.41, 5.74) is 0. The standard InChI is InChI=1S/C17H37N3OSi2/c1-22(2,3)16-17(23(4,5)6)20(19-18-16)14-12-10-8-7-9-11-13-15-21/h21H,7-15H2,1-6H3. The third-order valence-corrected chi connectivity index (χ3v) is 8.11. The van der Waals surface area contributed by atoms with Crippen LogP contribution < -0.4 is 10.6 Å². The number of aliphatic hydroxyl groups is 1. The second-order valence-corrected chi connectivity index (χ2v) is 18.7. The molecule has 1 heterocycles. The molecule has 0 spiro atoms. The Balaban J connectivity index is 2.53. The maximum atomic E-state index is 8.77. The van der Waals surface area contributed by atoms with Crippen LogP contribution in [0.2, 0.25) is 39.3 Å². The average Bonchev–Trinajstić information content (AvgIpc) is 2.85. The number of rotatable bonds is 11. The lowest BCUT2D eigenvalue weighted by molar-refractivity contribution is 0.282. The van der Waals surface area contributed by atoms with E-state index < -0.39 is 16.1 Å². The summed E-state index contributed by atoms with van der Waals surface area (Å²) in [6.07, 6.45) is 8.43. The van der Waals surface area contributed by atoms with Gasteiger partial charge in [-0.2, -0.15) is 0 Å². The molecule has 0 aromatic carbocycles. The minimum atomic E-state index is -1.42. The van der Waals surface area contributed by atoms with Crippen LogP contribution in [0.25, 0.3) is 0 Å². The largest absolute Gasteiger partial charge is 0.396 e. The zero-order chi connectivity index (χ0) is 17.5. The summed E-state index contributed by atoms with van der Waals surface area (Å²) in [6, 6.07) is 0. The van der Waals surface area contributed by atoms with Crippen LogP contribution in [0.3, 0.4) is 0 Å². The van der Waals surface area contributed by atoms with Gasteiger partial charge in [0.1, 0.15) is 16.1 Å². The molecule has 6 heteroatoms. The molecule has 0 aliphatic heterocycles. The van der Waals surface area contributed by atoms with E-state index in [4.69, 9.17) is 5.11 Å². The lowest BCUT2D eigenvalue weighted by Crippen LogP contribution is -2.58. The Bertz CT molecular complexity index is 461. The second-order valence-electron chi connectivity index (χ2n) is 8.71. The van der Waals surface area contributed by atoms with Crippen LogP contribution >= 0.6 is 0 Å². The van der Waals surface area contributed by atoms with Crippen LogP contribution in [0, 0.1) is 0 Å². The molecule has 0 bridgehead atoms. The number of aliphatic hydroxyl groups excluding tert-OH is 1. The molecule has 0 fully saturated rings. The topological polar surface area (TPSA) is 50.9 Å². The van der Waals surface area contributed by atoms with Crippen molar-refractivity contribution in [2.24, 2.45) is 0 Å². The van der Waals surface area contributed by atoms with Crippen molar-refractivity contribution in [1.29, 1.82) is 0 Å². The molecular weight excluding hydrogens is 318 g/mol. The van der Waals surface area contributed by atoms with Gasteiger partial charge >= 0.3 is 0 Å². The molecule has 134 valence electrons. The van der Waals surface area contributed by atoms with E-state index in [-0.39, 0.29) is 0 Å². The van der Waals surface area contributed by atoms with Gasteiger partial charge in [-0.1, -0.05) is 76.6 Å². The summed E-state index contributed by atoms with van der Waals surface area (Å²) >= 11 is 0. The Morgan fingerprint density at radius 3 is 1.78 bits per heavy atom. The van der Waals surface area contributed by atoms with E-state index in [0.717, 1.165) is 13.0 Å². The van der Waals surface area contributed by atoms with Crippen molar-refractivity contribution in [2.75, 3.05) is 6.61 Å². The van der Waals surface area contributed by atoms with E-state index in [0.29, 0.717) is 6.61 Å². The first kappa shape index (κ1) is 20.6. The van der Waals surface area contributed by atoms with Crippen LogP contribution in [0.15, 0.2) is 0 Å². The van der Waals surface area contributed by atoms with E-state index >= 15 is 0 Å². The Morgan fingerprint density at radius 1 is 0.783 bits per heavy atom. The third-order valence-electron chi connectivity index (χ3n) is 4.18. The van der Waals surface area contributed by atoms with Crippen LogP contribution in [0.4, 0.5) is 0 Å². The average molecular weight is 356 g/mol. The molecule has 0 aliphatic rings. The molecular formula is C17H37N3OSi2. The van der Waals surface area contributed by atoms with E-state index in [2.05, 4.69) is 54.3 Å². The summed E-state index contributed by atoms with van der Waals surface area (Å²) in [5.74, 6) is 0. The molecule has 1 N–H and O–H groups in total. The van der Waals surface area contributed by atoms with Gasteiger partial charge in [-0.15, -0.1) is 5.10 Å². The van der Waals surface area contributed by atoms with Gasteiger partial charge in [-0.05, 0) is 12.8 Å². The molecule has 0 radical (unpaired) electrons. The zero-order valence-corrected chi connectivity index (χ0v) is 18.2. The maximum Gasteiger partial charge on any atom is 0.106 e. The zero-order valence-electron chi connectivity index (χ0n) is 16.2. The Morgan fingerprint density at radius 2 is 1.30 bits per heavy atom. The highest BCUT2D eigenvalue weighted by Crippen LogP contribution is 2.09. The Kier molecular flexibility index (Phi) is 8.17. The molecule has 0 aliphatic carbocycles. The predicted octanol–water partition coefficient (Wildman–Crippen LogP) is 3.09. The fourth-order valence-corrected chi connectivity index (χ4v) is 8.10. The van der Waals surface area contributed by atoms with Crippen molar-refractivity contribution < 1.29 is 5.11 Å². The summed E-state index contributed by atoms with van der Waals surface area (Å²) in [7, 11) is -2.84. The lowest BCUT2D eigenvalue weighted by Gasteiger charge is -2.23. The highest BCUT2D eigenvalue weighted by molar-refractivity contribution is 6.97. The monoisotopic (exact) mass is 355 g/mol. The summed E-state index contributed by atoms with van der Waals surface area (Å²) in [4.78, 5) is 0. The molecule has 0 unspecified atom stereocenters. The van der Waals surface area contributed by atoms with Gasteiger partial charge in [-0.3, -0.25) is 4.68 Å². The number of hydrogen-bond acceptors (Lipinski definition) is 3. The van der Waals surface area contributed by atoms with E-state index in [1.807, 2.05) is 0 Å². The normalized spacial score (nSPS) is 12.8. The van der Waals surface area contributed by atoms with Crippen molar-refractivity contribution in [2.45, 2.75) is 90.8 Å². The minimum absolute atomic E-state index is 0.338. The van der Waals surface area contributed by atoms with Crippen molar-refractivity contribution >= 4 is 26.8 Å². The molecule has 1 aromatic rings. The van der Waals surface area contributed by atoms with Gasteiger partial charge in [0.15, 0.2) is 0 Å². The highest BCUT2D eigenvalue weighted by Gasteiger charge is 2.33. The van der Waals surface area contributed by atoms with Crippen molar-refractivity contribution in [1.82, 2.24) is 15.0 Å². The molecule has 4 nitrogen and oxygen atoms in total. The second kappa shape index (κ2) is 9.13. The fraction of sp³-hybridized carbons (Fsp3) is 0.882. The number of hydrogen-bond donors (Lipinski definition) is 1. The number of nitrogens with zero attached hydrogens (tertiary/aromatic N) is 3. The van der Waals surface area contributed by atoms with Crippen molar-refractivity contribution in [3.63, 3.8) is 0 Å². The van der Waals surface area contributed by atoms with Crippen molar-refractivity contribution in [3.8, 4) is 0 Å². The Labute approximate surface area is 144 Å². The van der Waals surface area contributed by atoms with Crippen LogP contribution in [0.1, 0.15) is 44.9 Å². The quantitative estimate of drug-likeness (QED) is 0.490. The predicted molar refractivity (Wildman–Crippen MR) is 105 cm³/mol. The van der Waals surface area contributed by atoms with Gasteiger partial charge in [-0.25, -0.2) is 0 Å². The number of aryl methyl sites for hydroxylation is 1. The number of unbranched alkanes of at least 4 members (excludes halogenated alkanes) is 6. The summed E-state index contributed by atoms with van der Waals surface area (Å²) in [5, 5.41) is 20.7. The lowest BCUT2D eigenvalue weighted by atomic mass is 10.1. The molecule has 1 aromatic heterocycles. The smallest absolute Gasteiger partial charge is 0.106 e. The van der Waals surface area contributed by atoms with Gasteiger partial charge in [0, 0.05) is 18.5 Å². The summed E-state index contributed by atoms with van der Waals surface area (Å²) < 4.78 is 2.23. The molecule has 23 heavy (non-hydrogen) atoms. The summed E-state index contributed by atoms with van der Waals surface area (Å²) in [6.45, 7) is 15.7. The molecule has 0 amide bonds. The Hall–Kier alpha value is -0.466. The third kappa shape index (κ3) is 6.89. The van der Waals surface area contributed by atoms with Gasteiger partial charge < -0.3 is 5.11 Å². The van der Waals surface area contributed by atoms with Gasteiger partial charge in [0.25, 0.3) is 0 Å². The molecule has 1 rings (SSSR count). The number of aromatic nitrogens is 3. The first-order chi connectivity index (χ1) is 10.7. The first-order valence-corrected chi connectivity index (χ1v) is 16.2. The maximum absolute atomic E-state index is 8.77. The SMILES string of the molecule is C[Si](C)(C)c1nnn(CCCCCCCCCO)c1[Si](C)(C)C. The van der Waals surface area contributed by atoms with Gasteiger partial charge in [0.05, 0.1) is 5.32 Å². The van der Waals surface area contributed by atoms with Crippen molar-refractivity contribution in [3.05, 3.63) is 0 Å². The highest BCUT2D eigenvalue weighted by atomic mass is 28.3. The van der Waals surface area contributed by atoms with Crippen LogP contribution in [-0.2, 0) is 6.54 Å².